The predicted molar refractivity (Wildman–Crippen MR) is 95.7 cm³/mol. The van der Waals surface area contributed by atoms with Crippen LogP contribution in [0.4, 0.5) is 5.69 Å². The highest BCUT2D eigenvalue weighted by atomic mass is 32.2. The van der Waals surface area contributed by atoms with Gasteiger partial charge in [0.2, 0.25) is 10.0 Å². The number of aromatic amines is 1. The average molecular weight is 341 g/mol. The number of hydrogen-bond donors (Lipinski definition) is 1. The summed E-state index contributed by atoms with van der Waals surface area (Å²) in [5, 5.41) is 1.17. The van der Waals surface area contributed by atoms with E-state index in [-0.39, 0.29) is 0 Å². The van der Waals surface area contributed by atoms with E-state index in [1.165, 1.54) is 5.39 Å². The molecule has 0 radical (unpaired) electrons. The van der Waals surface area contributed by atoms with Gasteiger partial charge in [0.15, 0.2) is 0 Å². The third kappa shape index (κ3) is 2.68. The number of H-pyrrole nitrogens is 1. The number of nitrogens with zero attached hydrogens (tertiary/aromatic N) is 2. The molecule has 24 heavy (non-hydrogen) atoms. The van der Waals surface area contributed by atoms with Crippen molar-refractivity contribution in [1.29, 1.82) is 0 Å². The Bertz CT molecular complexity index is 943. The molecule has 0 saturated carbocycles. The van der Waals surface area contributed by atoms with Gasteiger partial charge in [-0.15, -0.1) is 0 Å². The van der Waals surface area contributed by atoms with Crippen molar-refractivity contribution in [1.82, 2.24) is 9.29 Å². The smallest absolute Gasteiger partial charge is 0.243 e. The molecule has 1 saturated heterocycles. The Morgan fingerprint density at radius 3 is 2.38 bits per heavy atom. The number of hydrogen-bond acceptors (Lipinski definition) is 3. The maximum absolute atomic E-state index is 12.7. The molecular weight excluding hydrogens is 322 g/mol. The van der Waals surface area contributed by atoms with Crippen molar-refractivity contribution in [2.45, 2.75) is 4.90 Å². The van der Waals surface area contributed by atoms with Crippen molar-refractivity contribution >= 4 is 26.6 Å². The SMILES string of the molecule is O=S(=O)(c1ccccc1)N1CCN(c2ccc3[nH]ccc3c2)CC1. The first-order valence-corrected chi connectivity index (χ1v) is 9.46. The van der Waals surface area contributed by atoms with Crippen LogP contribution in [0.1, 0.15) is 0 Å². The Kier molecular flexibility index (Phi) is 3.78. The van der Waals surface area contributed by atoms with Gasteiger partial charge < -0.3 is 9.88 Å². The normalized spacial score (nSPS) is 16.6. The number of benzene rings is 2. The van der Waals surface area contributed by atoms with Crippen LogP contribution in [0.15, 0.2) is 65.7 Å². The quantitative estimate of drug-likeness (QED) is 0.797. The Hall–Kier alpha value is -2.31. The fourth-order valence-electron chi connectivity index (χ4n) is 3.17. The monoisotopic (exact) mass is 341 g/mol. The van der Waals surface area contributed by atoms with Gasteiger partial charge in [0, 0.05) is 49.0 Å². The number of nitrogens with one attached hydrogen (secondary N) is 1. The molecule has 5 nitrogen and oxygen atoms in total. The zero-order valence-corrected chi connectivity index (χ0v) is 14.0. The highest BCUT2D eigenvalue weighted by molar-refractivity contribution is 7.89. The summed E-state index contributed by atoms with van der Waals surface area (Å²) in [7, 11) is -3.39. The van der Waals surface area contributed by atoms with Crippen LogP contribution in [0.3, 0.4) is 0 Å². The lowest BCUT2D eigenvalue weighted by atomic mass is 10.2. The molecule has 0 bridgehead atoms. The fourth-order valence-corrected chi connectivity index (χ4v) is 4.61. The van der Waals surface area contributed by atoms with Crippen LogP contribution >= 0.6 is 0 Å². The van der Waals surface area contributed by atoms with Crippen molar-refractivity contribution in [3.8, 4) is 0 Å². The number of fused-ring (bicyclic) bond motifs is 1. The average Bonchev–Trinajstić information content (AvgIpc) is 3.10. The van der Waals surface area contributed by atoms with Crippen LogP contribution in [-0.4, -0.2) is 43.9 Å². The van der Waals surface area contributed by atoms with Crippen molar-refractivity contribution < 1.29 is 8.42 Å². The van der Waals surface area contributed by atoms with Crippen LogP contribution < -0.4 is 4.90 Å². The van der Waals surface area contributed by atoms with Gasteiger partial charge in [-0.05, 0) is 36.4 Å². The third-order valence-corrected chi connectivity index (χ3v) is 6.43. The molecule has 124 valence electrons. The van der Waals surface area contributed by atoms with Crippen LogP contribution in [0.25, 0.3) is 10.9 Å². The van der Waals surface area contributed by atoms with Gasteiger partial charge in [-0.1, -0.05) is 18.2 Å². The van der Waals surface area contributed by atoms with E-state index in [0.29, 0.717) is 31.1 Å². The van der Waals surface area contributed by atoms with Crippen molar-refractivity contribution in [2.24, 2.45) is 0 Å². The van der Waals surface area contributed by atoms with Crippen molar-refractivity contribution in [2.75, 3.05) is 31.1 Å². The molecule has 1 fully saturated rings. The molecule has 0 atom stereocenters. The Morgan fingerprint density at radius 2 is 1.62 bits per heavy atom. The number of sulfonamides is 1. The highest BCUT2D eigenvalue weighted by Crippen LogP contribution is 2.24. The van der Waals surface area contributed by atoms with Crippen LogP contribution in [-0.2, 0) is 10.0 Å². The summed E-state index contributed by atoms with van der Waals surface area (Å²) >= 11 is 0. The summed E-state index contributed by atoms with van der Waals surface area (Å²) in [5.41, 5.74) is 2.25. The molecule has 2 heterocycles. The summed E-state index contributed by atoms with van der Waals surface area (Å²) in [6.45, 7) is 2.40. The lowest BCUT2D eigenvalue weighted by Gasteiger charge is -2.35. The fraction of sp³-hybridized carbons (Fsp3) is 0.222. The summed E-state index contributed by atoms with van der Waals surface area (Å²) in [4.78, 5) is 5.80. The molecule has 0 unspecified atom stereocenters. The van der Waals surface area contributed by atoms with E-state index < -0.39 is 10.0 Å². The molecule has 0 amide bonds. The summed E-state index contributed by atoms with van der Waals surface area (Å²) in [6, 6.07) is 17.0. The summed E-state index contributed by atoms with van der Waals surface area (Å²) in [6.07, 6.45) is 1.93. The van der Waals surface area contributed by atoms with Gasteiger partial charge >= 0.3 is 0 Å². The summed E-state index contributed by atoms with van der Waals surface area (Å²) in [5.74, 6) is 0. The maximum atomic E-state index is 12.7. The first-order valence-electron chi connectivity index (χ1n) is 8.02. The van der Waals surface area contributed by atoms with Gasteiger partial charge in [0.1, 0.15) is 0 Å². The number of anilines is 1. The number of piperazine rings is 1. The van der Waals surface area contributed by atoms with Crippen LogP contribution in [0.2, 0.25) is 0 Å². The molecule has 1 aromatic heterocycles. The molecule has 0 spiro atoms. The molecule has 2 aromatic carbocycles. The summed E-state index contributed by atoms with van der Waals surface area (Å²) < 4.78 is 26.9. The molecule has 1 aliphatic rings. The second-order valence-electron chi connectivity index (χ2n) is 5.95. The lowest BCUT2D eigenvalue weighted by Crippen LogP contribution is -2.48. The minimum atomic E-state index is -3.39. The number of aromatic nitrogens is 1. The molecule has 6 heteroatoms. The molecule has 1 aliphatic heterocycles. The molecule has 0 aliphatic carbocycles. The Labute approximate surface area is 141 Å². The van der Waals surface area contributed by atoms with Gasteiger partial charge in [0.05, 0.1) is 4.90 Å². The van der Waals surface area contributed by atoms with Gasteiger partial charge in [-0.2, -0.15) is 4.31 Å². The molecule has 3 aromatic rings. The second-order valence-corrected chi connectivity index (χ2v) is 7.89. The zero-order valence-electron chi connectivity index (χ0n) is 13.2. The van der Waals surface area contributed by atoms with E-state index >= 15 is 0 Å². The van der Waals surface area contributed by atoms with Gasteiger partial charge in [-0.3, -0.25) is 0 Å². The topological polar surface area (TPSA) is 56.4 Å². The van der Waals surface area contributed by atoms with E-state index in [1.54, 1.807) is 28.6 Å². The van der Waals surface area contributed by atoms with Crippen LogP contribution in [0, 0.1) is 0 Å². The molecule has 1 N–H and O–H groups in total. The molecule has 4 rings (SSSR count). The van der Waals surface area contributed by atoms with E-state index in [9.17, 15) is 8.42 Å². The van der Waals surface area contributed by atoms with E-state index in [1.807, 2.05) is 12.3 Å². The van der Waals surface area contributed by atoms with Crippen molar-refractivity contribution in [3.63, 3.8) is 0 Å². The first-order chi connectivity index (χ1) is 11.6. The lowest BCUT2D eigenvalue weighted by molar-refractivity contribution is 0.385. The Balaban J connectivity index is 1.50. The standard InChI is InChI=1S/C18H19N3O2S/c22-24(23,17-4-2-1-3-5-17)21-12-10-20(11-13-21)16-6-7-18-15(14-16)8-9-19-18/h1-9,14,19H,10-13H2. The first kappa shape index (κ1) is 15.2. The van der Waals surface area contributed by atoms with Crippen LogP contribution in [0.5, 0.6) is 0 Å². The van der Waals surface area contributed by atoms with Crippen molar-refractivity contribution in [3.05, 3.63) is 60.8 Å². The van der Waals surface area contributed by atoms with E-state index in [2.05, 4.69) is 34.1 Å². The highest BCUT2D eigenvalue weighted by Gasteiger charge is 2.28. The second kappa shape index (κ2) is 5.96. The number of rotatable bonds is 3. The zero-order chi connectivity index (χ0) is 16.6. The largest absolute Gasteiger partial charge is 0.369 e. The van der Waals surface area contributed by atoms with E-state index in [0.717, 1.165) is 11.2 Å². The minimum Gasteiger partial charge on any atom is -0.369 e. The predicted octanol–water partition coefficient (Wildman–Crippen LogP) is 2.68. The third-order valence-electron chi connectivity index (χ3n) is 4.52. The van der Waals surface area contributed by atoms with Gasteiger partial charge in [-0.25, -0.2) is 8.42 Å². The van der Waals surface area contributed by atoms with Gasteiger partial charge in [0.25, 0.3) is 0 Å². The maximum Gasteiger partial charge on any atom is 0.243 e. The Morgan fingerprint density at radius 1 is 0.875 bits per heavy atom. The minimum absolute atomic E-state index is 0.368. The van der Waals surface area contributed by atoms with E-state index in [4.69, 9.17) is 0 Å². The molecular formula is C18H19N3O2S.